The van der Waals surface area contributed by atoms with Crippen LogP contribution in [-0.2, 0) is 9.53 Å². The van der Waals surface area contributed by atoms with Gasteiger partial charge >= 0.3 is 5.97 Å². The Morgan fingerprint density at radius 3 is 2.65 bits per heavy atom. The summed E-state index contributed by atoms with van der Waals surface area (Å²) in [5, 5.41) is 6.56. The van der Waals surface area contributed by atoms with E-state index in [1.54, 1.807) is 19.9 Å². The summed E-state index contributed by atoms with van der Waals surface area (Å²) in [5.74, 6) is -0.681. The van der Waals surface area contributed by atoms with E-state index in [2.05, 4.69) is 10.2 Å². The second kappa shape index (κ2) is 6.03. The molecule has 0 aliphatic heterocycles. The van der Waals surface area contributed by atoms with Gasteiger partial charge in [-0.15, -0.1) is 0 Å². The number of H-pyrrole nitrogens is 1. The number of nitrogens with zero attached hydrogens (tertiary/aromatic N) is 2. The summed E-state index contributed by atoms with van der Waals surface area (Å²) in [6.45, 7) is 6.04. The van der Waals surface area contributed by atoms with Crippen LogP contribution < -0.4 is 0 Å². The van der Waals surface area contributed by atoms with Gasteiger partial charge in [-0.3, -0.25) is 14.7 Å². The molecule has 0 fully saturated rings. The largest absolute Gasteiger partial charge is 0.465 e. The maximum absolute atomic E-state index is 12.0. The number of aromatic amines is 1. The first-order valence-electron chi connectivity index (χ1n) is 5.55. The third-order valence-corrected chi connectivity index (χ3v) is 2.22. The van der Waals surface area contributed by atoms with Gasteiger partial charge in [0.2, 0.25) is 0 Å². The van der Waals surface area contributed by atoms with Gasteiger partial charge in [0.25, 0.3) is 5.91 Å². The van der Waals surface area contributed by atoms with Crippen molar-refractivity contribution in [3.05, 3.63) is 17.5 Å². The zero-order chi connectivity index (χ0) is 12.8. The maximum atomic E-state index is 12.0. The lowest BCUT2D eigenvalue weighted by atomic mass is 10.3. The molecule has 1 amide bonds. The van der Waals surface area contributed by atoms with Gasteiger partial charge in [0.1, 0.15) is 12.2 Å². The number of hydrogen-bond donors (Lipinski definition) is 1. The number of esters is 1. The molecule has 0 bridgehead atoms. The highest BCUT2D eigenvalue weighted by Gasteiger charge is 2.19. The van der Waals surface area contributed by atoms with E-state index >= 15 is 0 Å². The van der Waals surface area contributed by atoms with Gasteiger partial charge in [-0.05, 0) is 26.8 Å². The van der Waals surface area contributed by atoms with Crippen molar-refractivity contribution in [3.63, 3.8) is 0 Å². The number of amides is 1. The van der Waals surface area contributed by atoms with Crippen LogP contribution in [0.15, 0.2) is 6.07 Å². The van der Waals surface area contributed by atoms with E-state index in [0.717, 1.165) is 5.69 Å². The summed E-state index contributed by atoms with van der Waals surface area (Å²) < 4.78 is 4.80. The fourth-order valence-electron chi connectivity index (χ4n) is 1.38. The average Bonchev–Trinajstić information content (AvgIpc) is 2.72. The molecule has 0 aliphatic rings. The van der Waals surface area contributed by atoms with Crippen LogP contribution in [-0.4, -0.2) is 46.7 Å². The Balaban J connectivity index is 2.67. The Bertz CT molecular complexity index is 400. The molecule has 1 rings (SSSR count). The molecule has 1 N–H and O–H groups in total. The Labute approximate surface area is 99.9 Å². The molecule has 17 heavy (non-hydrogen) atoms. The highest BCUT2D eigenvalue weighted by atomic mass is 16.5. The number of rotatable bonds is 5. The maximum Gasteiger partial charge on any atom is 0.325 e. The number of likely N-dealkylation sites (N-methyl/N-ethyl adjacent to an activating group) is 1. The molecule has 6 heteroatoms. The smallest absolute Gasteiger partial charge is 0.325 e. The van der Waals surface area contributed by atoms with Crippen LogP contribution in [0.2, 0.25) is 0 Å². The van der Waals surface area contributed by atoms with Crippen molar-refractivity contribution in [3.8, 4) is 0 Å². The van der Waals surface area contributed by atoms with Crippen molar-refractivity contribution in [2.45, 2.75) is 20.8 Å². The molecule has 6 nitrogen and oxygen atoms in total. The fraction of sp³-hybridized carbons (Fsp3) is 0.545. The molecular weight excluding hydrogens is 222 g/mol. The lowest BCUT2D eigenvalue weighted by Gasteiger charge is -2.18. The average molecular weight is 239 g/mol. The minimum Gasteiger partial charge on any atom is -0.465 e. The number of hydrogen-bond acceptors (Lipinski definition) is 4. The summed E-state index contributed by atoms with van der Waals surface area (Å²) in [4.78, 5) is 24.7. The molecule has 1 heterocycles. The van der Waals surface area contributed by atoms with Gasteiger partial charge in [-0.25, -0.2) is 0 Å². The Kier molecular flexibility index (Phi) is 4.68. The standard InChI is InChI=1S/C11H17N3O3/c1-4-14(7-10(15)17-5-2)11(16)9-6-8(3)12-13-9/h6H,4-5,7H2,1-3H3,(H,12,13). The molecule has 0 saturated heterocycles. The van der Waals surface area contributed by atoms with Crippen molar-refractivity contribution in [1.82, 2.24) is 15.1 Å². The van der Waals surface area contributed by atoms with E-state index in [1.165, 1.54) is 4.90 Å². The first-order valence-corrected chi connectivity index (χ1v) is 5.55. The van der Waals surface area contributed by atoms with E-state index in [-0.39, 0.29) is 12.5 Å². The molecule has 0 spiro atoms. The number of ether oxygens (including phenoxy) is 1. The minimum atomic E-state index is -0.407. The summed E-state index contributed by atoms with van der Waals surface area (Å²) in [5.41, 5.74) is 1.12. The van der Waals surface area contributed by atoms with Crippen LogP contribution in [0.4, 0.5) is 0 Å². The predicted molar refractivity (Wildman–Crippen MR) is 61.5 cm³/mol. The molecule has 1 aromatic rings. The van der Waals surface area contributed by atoms with Crippen LogP contribution in [0.1, 0.15) is 30.0 Å². The lowest BCUT2D eigenvalue weighted by Crippen LogP contribution is -2.36. The summed E-state index contributed by atoms with van der Waals surface area (Å²) >= 11 is 0. The summed E-state index contributed by atoms with van der Waals surface area (Å²) in [6.07, 6.45) is 0. The van der Waals surface area contributed by atoms with Crippen LogP contribution in [0.3, 0.4) is 0 Å². The van der Waals surface area contributed by atoms with Gasteiger partial charge < -0.3 is 9.64 Å². The molecule has 0 unspecified atom stereocenters. The number of nitrogens with one attached hydrogen (secondary N) is 1. The highest BCUT2D eigenvalue weighted by molar-refractivity contribution is 5.94. The van der Waals surface area contributed by atoms with Crippen molar-refractivity contribution in [1.29, 1.82) is 0 Å². The Hall–Kier alpha value is -1.85. The molecule has 0 atom stereocenters. The first kappa shape index (κ1) is 13.2. The number of carbonyl (C=O) groups excluding carboxylic acids is 2. The minimum absolute atomic E-state index is 0.0465. The van der Waals surface area contributed by atoms with Gasteiger partial charge in [0, 0.05) is 12.2 Å². The Morgan fingerprint density at radius 2 is 2.18 bits per heavy atom. The molecule has 94 valence electrons. The summed E-state index contributed by atoms with van der Waals surface area (Å²) in [7, 11) is 0. The van der Waals surface area contributed by atoms with E-state index in [1.807, 2.05) is 6.92 Å². The normalized spacial score (nSPS) is 10.1. The van der Waals surface area contributed by atoms with E-state index < -0.39 is 5.97 Å². The van der Waals surface area contributed by atoms with Gasteiger partial charge in [-0.1, -0.05) is 0 Å². The molecular formula is C11H17N3O3. The molecule has 0 aliphatic carbocycles. The third-order valence-electron chi connectivity index (χ3n) is 2.22. The SMILES string of the molecule is CCOC(=O)CN(CC)C(=O)c1cc(C)[nH]n1. The molecule has 0 radical (unpaired) electrons. The number of carbonyl (C=O) groups is 2. The topological polar surface area (TPSA) is 75.3 Å². The zero-order valence-corrected chi connectivity index (χ0v) is 10.3. The zero-order valence-electron chi connectivity index (χ0n) is 10.3. The fourth-order valence-corrected chi connectivity index (χ4v) is 1.38. The predicted octanol–water partition coefficient (Wildman–Crippen LogP) is 0.743. The van der Waals surface area contributed by atoms with Crippen LogP contribution in [0.5, 0.6) is 0 Å². The third kappa shape index (κ3) is 3.58. The van der Waals surface area contributed by atoms with Crippen LogP contribution in [0.25, 0.3) is 0 Å². The number of aromatic nitrogens is 2. The van der Waals surface area contributed by atoms with Crippen LogP contribution in [0, 0.1) is 6.92 Å². The first-order chi connectivity index (χ1) is 8.08. The van der Waals surface area contributed by atoms with E-state index in [9.17, 15) is 9.59 Å². The molecule has 0 saturated carbocycles. The van der Waals surface area contributed by atoms with E-state index in [0.29, 0.717) is 18.8 Å². The van der Waals surface area contributed by atoms with Crippen molar-refractivity contribution in [2.24, 2.45) is 0 Å². The lowest BCUT2D eigenvalue weighted by molar-refractivity contribution is -0.143. The van der Waals surface area contributed by atoms with Crippen LogP contribution >= 0.6 is 0 Å². The van der Waals surface area contributed by atoms with Gasteiger partial charge in [0.15, 0.2) is 0 Å². The second-order valence-corrected chi connectivity index (χ2v) is 3.56. The quantitative estimate of drug-likeness (QED) is 0.769. The molecule has 0 aromatic carbocycles. The monoisotopic (exact) mass is 239 g/mol. The Morgan fingerprint density at radius 1 is 1.47 bits per heavy atom. The molecule has 1 aromatic heterocycles. The van der Waals surface area contributed by atoms with Crippen molar-refractivity contribution in [2.75, 3.05) is 19.7 Å². The van der Waals surface area contributed by atoms with Crippen molar-refractivity contribution >= 4 is 11.9 Å². The van der Waals surface area contributed by atoms with E-state index in [4.69, 9.17) is 4.74 Å². The van der Waals surface area contributed by atoms with Gasteiger partial charge in [0.05, 0.1) is 6.61 Å². The highest BCUT2D eigenvalue weighted by Crippen LogP contribution is 2.03. The van der Waals surface area contributed by atoms with Gasteiger partial charge in [-0.2, -0.15) is 5.10 Å². The second-order valence-electron chi connectivity index (χ2n) is 3.56. The summed E-state index contributed by atoms with van der Waals surface area (Å²) in [6, 6.07) is 1.65. The number of aryl methyl sites for hydroxylation is 1. The van der Waals surface area contributed by atoms with Crippen molar-refractivity contribution < 1.29 is 14.3 Å².